The number of esters is 2. The van der Waals surface area contributed by atoms with Crippen LogP contribution in [0.1, 0.15) is 54.7 Å². The Balaban J connectivity index is 2.02. The van der Waals surface area contributed by atoms with E-state index in [9.17, 15) is 9.59 Å². The summed E-state index contributed by atoms with van der Waals surface area (Å²) in [7, 11) is 1.62. The van der Waals surface area contributed by atoms with Crippen LogP contribution < -0.4 is 4.74 Å². The van der Waals surface area contributed by atoms with E-state index in [1.165, 1.54) is 6.92 Å². The number of benzene rings is 2. The molecule has 5 heteroatoms. The Morgan fingerprint density at radius 1 is 0.889 bits per heavy atom. The molecule has 144 valence electrons. The van der Waals surface area contributed by atoms with Gasteiger partial charge in [-0.15, -0.1) is 0 Å². The van der Waals surface area contributed by atoms with E-state index in [1.54, 1.807) is 19.2 Å². The van der Waals surface area contributed by atoms with Crippen molar-refractivity contribution in [2.24, 2.45) is 0 Å². The van der Waals surface area contributed by atoms with Gasteiger partial charge in [-0.25, -0.2) is 4.79 Å². The molecule has 0 fully saturated rings. The first-order valence-corrected chi connectivity index (χ1v) is 8.77. The Kier molecular flexibility index (Phi) is 6.61. The summed E-state index contributed by atoms with van der Waals surface area (Å²) >= 11 is 0. The second-order valence-electron chi connectivity index (χ2n) is 7.34. The van der Waals surface area contributed by atoms with Gasteiger partial charge in [0.2, 0.25) is 0 Å². The fourth-order valence-electron chi connectivity index (χ4n) is 2.57. The van der Waals surface area contributed by atoms with E-state index in [-0.39, 0.29) is 30.6 Å². The number of carbonyl (C=O) groups excluding carboxylic acids is 2. The number of hydrogen-bond acceptors (Lipinski definition) is 5. The highest BCUT2D eigenvalue weighted by atomic mass is 16.5. The van der Waals surface area contributed by atoms with Crippen molar-refractivity contribution in [3.05, 3.63) is 64.7 Å². The summed E-state index contributed by atoms with van der Waals surface area (Å²) in [4.78, 5) is 23.3. The van der Waals surface area contributed by atoms with E-state index in [0.717, 1.165) is 22.4 Å². The largest absolute Gasteiger partial charge is 0.496 e. The molecule has 0 aliphatic heterocycles. The highest BCUT2D eigenvalue weighted by Crippen LogP contribution is 2.32. The molecule has 0 aliphatic rings. The van der Waals surface area contributed by atoms with Crippen molar-refractivity contribution in [3.8, 4) is 5.75 Å². The predicted molar refractivity (Wildman–Crippen MR) is 103 cm³/mol. The Hall–Kier alpha value is -2.82. The first-order chi connectivity index (χ1) is 12.7. The molecule has 2 rings (SSSR count). The van der Waals surface area contributed by atoms with E-state index in [2.05, 4.69) is 20.8 Å². The lowest BCUT2D eigenvalue weighted by Crippen LogP contribution is -2.15. The molecule has 27 heavy (non-hydrogen) atoms. The van der Waals surface area contributed by atoms with E-state index in [0.29, 0.717) is 5.56 Å². The lowest BCUT2D eigenvalue weighted by Gasteiger charge is -2.22. The van der Waals surface area contributed by atoms with Crippen LogP contribution in [-0.4, -0.2) is 19.0 Å². The predicted octanol–water partition coefficient (Wildman–Crippen LogP) is 4.41. The third kappa shape index (κ3) is 5.84. The van der Waals surface area contributed by atoms with Crippen LogP contribution in [-0.2, 0) is 32.9 Å². The van der Waals surface area contributed by atoms with Crippen LogP contribution in [0.25, 0.3) is 0 Å². The molecule has 0 atom stereocenters. The SMILES string of the molecule is COc1ccc(C(=O)OCc2ccc(COC(C)=O)cc2)cc1C(C)(C)C. The summed E-state index contributed by atoms with van der Waals surface area (Å²) < 4.78 is 15.8. The minimum Gasteiger partial charge on any atom is -0.496 e. The van der Waals surface area contributed by atoms with Gasteiger partial charge in [0.25, 0.3) is 0 Å². The molecular formula is C22H26O5. The second-order valence-corrected chi connectivity index (χ2v) is 7.34. The number of ether oxygens (including phenoxy) is 3. The Morgan fingerprint density at radius 2 is 1.44 bits per heavy atom. The first kappa shape index (κ1) is 20.5. The van der Waals surface area contributed by atoms with Crippen molar-refractivity contribution in [1.82, 2.24) is 0 Å². The Labute approximate surface area is 160 Å². The normalized spacial score (nSPS) is 11.0. The number of hydrogen-bond donors (Lipinski definition) is 0. The van der Waals surface area contributed by atoms with Crippen molar-refractivity contribution in [3.63, 3.8) is 0 Å². The van der Waals surface area contributed by atoms with E-state index in [4.69, 9.17) is 14.2 Å². The van der Waals surface area contributed by atoms with Crippen LogP contribution >= 0.6 is 0 Å². The van der Waals surface area contributed by atoms with Gasteiger partial charge in [-0.3, -0.25) is 4.79 Å². The number of methoxy groups -OCH3 is 1. The van der Waals surface area contributed by atoms with Crippen LogP contribution in [0, 0.1) is 0 Å². The van der Waals surface area contributed by atoms with Gasteiger partial charge in [0, 0.05) is 12.5 Å². The van der Waals surface area contributed by atoms with E-state index < -0.39 is 0 Å². The summed E-state index contributed by atoms with van der Waals surface area (Å²) in [5, 5.41) is 0. The van der Waals surface area contributed by atoms with Crippen LogP contribution in [0.2, 0.25) is 0 Å². The van der Waals surface area contributed by atoms with Crippen molar-refractivity contribution in [1.29, 1.82) is 0 Å². The molecule has 2 aromatic carbocycles. The molecule has 0 saturated heterocycles. The lowest BCUT2D eigenvalue weighted by atomic mass is 9.85. The summed E-state index contributed by atoms with van der Waals surface area (Å²) in [5.41, 5.74) is 3.03. The third-order valence-corrected chi connectivity index (χ3v) is 4.08. The molecule has 0 aliphatic carbocycles. The Bertz CT molecular complexity index is 800. The minimum atomic E-state index is -0.382. The smallest absolute Gasteiger partial charge is 0.338 e. The van der Waals surface area contributed by atoms with Crippen molar-refractivity contribution in [2.45, 2.75) is 46.3 Å². The van der Waals surface area contributed by atoms with E-state index >= 15 is 0 Å². The van der Waals surface area contributed by atoms with Crippen molar-refractivity contribution < 1.29 is 23.8 Å². The van der Waals surface area contributed by atoms with Gasteiger partial charge in [0.05, 0.1) is 12.7 Å². The zero-order valence-electron chi connectivity index (χ0n) is 16.5. The average Bonchev–Trinajstić information content (AvgIpc) is 2.64. The zero-order chi connectivity index (χ0) is 20.0. The topological polar surface area (TPSA) is 61.8 Å². The molecule has 0 radical (unpaired) electrons. The fraction of sp³-hybridized carbons (Fsp3) is 0.364. The molecular weight excluding hydrogens is 344 g/mol. The fourth-order valence-corrected chi connectivity index (χ4v) is 2.57. The highest BCUT2D eigenvalue weighted by molar-refractivity contribution is 5.90. The molecule has 0 heterocycles. The second kappa shape index (κ2) is 8.71. The van der Waals surface area contributed by atoms with Gasteiger partial charge >= 0.3 is 11.9 Å². The van der Waals surface area contributed by atoms with Gasteiger partial charge < -0.3 is 14.2 Å². The molecule has 0 unspecified atom stereocenters. The molecule has 0 saturated carbocycles. The summed E-state index contributed by atoms with van der Waals surface area (Å²) in [6.45, 7) is 7.98. The summed E-state index contributed by atoms with van der Waals surface area (Å²) in [5.74, 6) is 0.0525. The number of rotatable bonds is 6. The standard InChI is InChI=1S/C22H26O5/c1-15(23)26-13-16-6-8-17(9-7-16)14-27-21(24)18-10-11-20(25-5)19(12-18)22(2,3)4/h6-12H,13-14H2,1-5H3. The van der Waals surface area contributed by atoms with Crippen molar-refractivity contribution >= 4 is 11.9 Å². The van der Waals surface area contributed by atoms with Gasteiger partial charge in [0.15, 0.2) is 0 Å². The molecule has 0 aromatic heterocycles. The van der Waals surface area contributed by atoms with Gasteiger partial charge in [0.1, 0.15) is 19.0 Å². The third-order valence-electron chi connectivity index (χ3n) is 4.08. The Morgan fingerprint density at radius 3 is 1.93 bits per heavy atom. The van der Waals surface area contributed by atoms with Crippen LogP contribution in [0.4, 0.5) is 0 Å². The highest BCUT2D eigenvalue weighted by Gasteiger charge is 2.21. The molecule has 0 N–H and O–H groups in total. The monoisotopic (exact) mass is 370 g/mol. The maximum atomic E-state index is 12.4. The maximum absolute atomic E-state index is 12.4. The van der Waals surface area contributed by atoms with Crippen LogP contribution in [0.3, 0.4) is 0 Å². The zero-order valence-corrected chi connectivity index (χ0v) is 16.5. The van der Waals surface area contributed by atoms with Gasteiger partial charge in [-0.1, -0.05) is 45.0 Å². The lowest BCUT2D eigenvalue weighted by molar-refractivity contribution is -0.142. The van der Waals surface area contributed by atoms with Gasteiger partial charge in [-0.2, -0.15) is 0 Å². The molecule has 0 bridgehead atoms. The molecule has 5 nitrogen and oxygen atoms in total. The minimum absolute atomic E-state index is 0.153. The molecule has 2 aromatic rings. The quantitative estimate of drug-likeness (QED) is 0.705. The van der Waals surface area contributed by atoms with Gasteiger partial charge in [-0.05, 0) is 34.7 Å². The molecule has 0 spiro atoms. The van der Waals surface area contributed by atoms with Crippen LogP contribution in [0.15, 0.2) is 42.5 Å². The number of carbonyl (C=O) groups is 2. The first-order valence-electron chi connectivity index (χ1n) is 8.77. The average molecular weight is 370 g/mol. The van der Waals surface area contributed by atoms with E-state index in [1.807, 2.05) is 30.3 Å². The molecule has 0 amide bonds. The van der Waals surface area contributed by atoms with Crippen molar-refractivity contribution in [2.75, 3.05) is 7.11 Å². The van der Waals surface area contributed by atoms with Crippen LogP contribution in [0.5, 0.6) is 5.75 Å². The summed E-state index contributed by atoms with van der Waals surface area (Å²) in [6.07, 6.45) is 0. The summed E-state index contributed by atoms with van der Waals surface area (Å²) in [6, 6.07) is 12.7. The maximum Gasteiger partial charge on any atom is 0.338 e.